The van der Waals surface area contributed by atoms with E-state index in [1.165, 1.54) is 25.7 Å². The standard InChI is InChI=1S/C9H16O.H2O/c1-2-3-4-5-6-7-8-9-10;/h7-9H,2-6H2,1H3;1H2/b8-7+;. The van der Waals surface area contributed by atoms with Crippen LogP contribution in [0.2, 0.25) is 0 Å². The third-order valence-corrected chi connectivity index (χ3v) is 1.44. The van der Waals surface area contributed by atoms with Gasteiger partial charge in [-0.3, -0.25) is 4.79 Å². The van der Waals surface area contributed by atoms with Crippen LogP contribution in [0.25, 0.3) is 0 Å². The Morgan fingerprint density at radius 2 is 1.91 bits per heavy atom. The van der Waals surface area contributed by atoms with Gasteiger partial charge in [0.1, 0.15) is 6.29 Å². The highest BCUT2D eigenvalue weighted by Crippen LogP contribution is 2.02. The van der Waals surface area contributed by atoms with Gasteiger partial charge < -0.3 is 5.48 Å². The van der Waals surface area contributed by atoms with E-state index in [9.17, 15) is 4.79 Å². The predicted octanol–water partition coefficient (Wildman–Crippen LogP) is 1.89. The van der Waals surface area contributed by atoms with Crippen molar-refractivity contribution in [3.63, 3.8) is 0 Å². The van der Waals surface area contributed by atoms with Crippen LogP contribution in [0.15, 0.2) is 12.2 Å². The van der Waals surface area contributed by atoms with Crippen molar-refractivity contribution in [3.05, 3.63) is 12.2 Å². The number of hydrogen-bond acceptors (Lipinski definition) is 1. The van der Waals surface area contributed by atoms with Crippen LogP contribution >= 0.6 is 0 Å². The van der Waals surface area contributed by atoms with E-state index in [1.54, 1.807) is 6.08 Å². The van der Waals surface area contributed by atoms with Gasteiger partial charge in [-0.05, 0) is 18.9 Å². The van der Waals surface area contributed by atoms with Crippen LogP contribution in [0.3, 0.4) is 0 Å². The third-order valence-electron chi connectivity index (χ3n) is 1.44. The van der Waals surface area contributed by atoms with Gasteiger partial charge in [-0.25, -0.2) is 0 Å². The van der Waals surface area contributed by atoms with Crippen molar-refractivity contribution in [1.82, 2.24) is 0 Å². The van der Waals surface area contributed by atoms with Gasteiger partial charge in [0.05, 0.1) is 0 Å². The van der Waals surface area contributed by atoms with Gasteiger partial charge in [0.25, 0.3) is 0 Å². The van der Waals surface area contributed by atoms with Crippen molar-refractivity contribution in [1.29, 1.82) is 0 Å². The molecule has 0 saturated heterocycles. The minimum Gasteiger partial charge on any atom is -0.412 e. The SMILES string of the molecule is CCCCCC/C=C/C=O.O. The molecule has 0 saturated carbocycles. The molecule has 11 heavy (non-hydrogen) atoms. The quantitative estimate of drug-likeness (QED) is 0.331. The smallest absolute Gasteiger partial charge is 0.142 e. The van der Waals surface area contributed by atoms with Gasteiger partial charge >= 0.3 is 0 Å². The molecule has 2 heteroatoms. The van der Waals surface area contributed by atoms with E-state index in [0.29, 0.717) is 0 Å². The maximum atomic E-state index is 9.81. The number of carbonyl (C=O) groups is 1. The summed E-state index contributed by atoms with van der Waals surface area (Å²) in [6.45, 7) is 2.20. The summed E-state index contributed by atoms with van der Waals surface area (Å²) in [7, 11) is 0. The summed E-state index contributed by atoms with van der Waals surface area (Å²) in [6, 6.07) is 0. The fraction of sp³-hybridized carbons (Fsp3) is 0.667. The molecule has 0 aliphatic heterocycles. The molecule has 0 heterocycles. The Morgan fingerprint density at radius 3 is 2.45 bits per heavy atom. The minimum atomic E-state index is 0. The number of hydrogen-bond donors (Lipinski definition) is 0. The first kappa shape index (κ1) is 13.0. The van der Waals surface area contributed by atoms with E-state index >= 15 is 0 Å². The highest BCUT2D eigenvalue weighted by molar-refractivity contribution is 5.64. The first-order valence-electron chi connectivity index (χ1n) is 4.02. The molecule has 0 aromatic rings. The molecule has 0 amide bonds. The van der Waals surface area contributed by atoms with Gasteiger partial charge in [0.15, 0.2) is 0 Å². The highest BCUT2D eigenvalue weighted by atomic mass is 16.1. The molecule has 0 fully saturated rings. The molecule has 66 valence electrons. The van der Waals surface area contributed by atoms with E-state index < -0.39 is 0 Å². The second kappa shape index (κ2) is 12.1. The predicted molar refractivity (Wildman–Crippen MR) is 47.6 cm³/mol. The summed E-state index contributed by atoms with van der Waals surface area (Å²) in [5.74, 6) is 0. The summed E-state index contributed by atoms with van der Waals surface area (Å²) in [4.78, 5) is 9.81. The Morgan fingerprint density at radius 1 is 1.18 bits per heavy atom. The average molecular weight is 158 g/mol. The summed E-state index contributed by atoms with van der Waals surface area (Å²) in [5, 5.41) is 0. The lowest BCUT2D eigenvalue weighted by Gasteiger charge is -1.92. The number of aldehydes is 1. The molecule has 0 radical (unpaired) electrons. The fourth-order valence-corrected chi connectivity index (χ4v) is 0.841. The van der Waals surface area contributed by atoms with Crippen molar-refractivity contribution in [2.45, 2.75) is 39.0 Å². The van der Waals surface area contributed by atoms with Crippen molar-refractivity contribution < 1.29 is 10.3 Å². The van der Waals surface area contributed by atoms with E-state index in [4.69, 9.17) is 0 Å². The molecule has 0 aromatic carbocycles. The van der Waals surface area contributed by atoms with Crippen LogP contribution in [-0.4, -0.2) is 11.8 Å². The second-order valence-corrected chi connectivity index (χ2v) is 2.41. The van der Waals surface area contributed by atoms with E-state index in [1.807, 2.05) is 6.08 Å². The highest BCUT2D eigenvalue weighted by Gasteiger charge is 1.82. The zero-order chi connectivity index (χ0) is 7.66. The Kier molecular flexibility index (Phi) is 14.3. The fourth-order valence-electron chi connectivity index (χ4n) is 0.841. The molecule has 0 atom stereocenters. The average Bonchev–Trinajstić information content (AvgIpc) is 1.97. The molecule has 0 aliphatic carbocycles. The molecule has 0 spiro atoms. The van der Waals surface area contributed by atoms with E-state index in [2.05, 4.69) is 6.92 Å². The first-order valence-corrected chi connectivity index (χ1v) is 4.02. The monoisotopic (exact) mass is 158 g/mol. The van der Waals surface area contributed by atoms with Crippen molar-refractivity contribution in [2.75, 3.05) is 0 Å². The number of unbranched alkanes of at least 4 members (excludes halogenated alkanes) is 4. The molecule has 0 bridgehead atoms. The lowest BCUT2D eigenvalue weighted by molar-refractivity contribution is -0.104. The summed E-state index contributed by atoms with van der Waals surface area (Å²) in [6.07, 6.45) is 10.5. The van der Waals surface area contributed by atoms with Crippen molar-refractivity contribution in [2.24, 2.45) is 0 Å². The number of rotatable bonds is 6. The zero-order valence-electron chi connectivity index (χ0n) is 7.18. The van der Waals surface area contributed by atoms with Gasteiger partial charge in [-0.1, -0.05) is 32.3 Å². The van der Waals surface area contributed by atoms with E-state index in [0.717, 1.165) is 12.7 Å². The van der Waals surface area contributed by atoms with Crippen LogP contribution in [0, 0.1) is 0 Å². The molecule has 0 unspecified atom stereocenters. The Bertz CT molecular complexity index is 97.7. The lowest BCUT2D eigenvalue weighted by Crippen LogP contribution is -1.73. The minimum absolute atomic E-state index is 0. The lowest BCUT2D eigenvalue weighted by atomic mass is 10.1. The molecule has 0 rings (SSSR count). The molecular formula is C9H18O2. The van der Waals surface area contributed by atoms with Crippen LogP contribution in [-0.2, 0) is 4.79 Å². The number of allylic oxidation sites excluding steroid dienone is 2. The van der Waals surface area contributed by atoms with Crippen LogP contribution < -0.4 is 0 Å². The topological polar surface area (TPSA) is 48.6 Å². The Labute approximate surface area is 68.6 Å². The Balaban J connectivity index is 0. The first-order chi connectivity index (χ1) is 4.91. The molecule has 2 nitrogen and oxygen atoms in total. The molecule has 2 N–H and O–H groups in total. The van der Waals surface area contributed by atoms with Crippen LogP contribution in [0.1, 0.15) is 39.0 Å². The third kappa shape index (κ3) is 12.5. The second-order valence-electron chi connectivity index (χ2n) is 2.41. The van der Waals surface area contributed by atoms with Gasteiger partial charge in [0, 0.05) is 0 Å². The summed E-state index contributed by atoms with van der Waals surface area (Å²) < 4.78 is 0. The zero-order valence-corrected chi connectivity index (χ0v) is 7.18. The maximum absolute atomic E-state index is 9.81. The van der Waals surface area contributed by atoms with Crippen molar-refractivity contribution in [3.8, 4) is 0 Å². The van der Waals surface area contributed by atoms with Crippen molar-refractivity contribution >= 4 is 6.29 Å². The molecule has 0 aliphatic rings. The van der Waals surface area contributed by atoms with Crippen LogP contribution in [0.5, 0.6) is 0 Å². The largest absolute Gasteiger partial charge is 0.412 e. The van der Waals surface area contributed by atoms with E-state index in [-0.39, 0.29) is 5.48 Å². The summed E-state index contributed by atoms with van der Waals surface area (Å²) >= 11 is 0. The Hall–Kier alpha value is -0.630. The van der Waals surface area contributed by atoms with Gasteiger partial charge in [-0.15, -0.1) is 0 Å². The van der Waals surface area contributed by atoms with Gasteiger partial charge in [-0.2, -0.15) is 0 Å². The van der Waals surface area contributed by atoms with Gasteiger partial charge in [0.2, 0.25) is 0 Å². The normalized spacial score (nSPS) is 9.55. The molecule has 0 aromatic heterocycles. The number of carbonyl (C=O) groups excluding carboxylic acids is 1. The maximum Gasteiger partial charge on any atom is 0.142 e. The molecular weight excluding hydrogens is 140 g/mol. The van der Waals surface area contributed by atoms with Crippen LogP contribution in [0.4, 0.5) is 0 Å². The summed E-state index contributed by atoms with van der Waals surface area (Å²) in [5.41, 5.74) is 0.